The molecule has 0 bridgehead atoms. The molecule has 0 radical (unpaired) electrons. The predicted octanol–water partition coefficient (Wildman–Crippen LogP) is 0.537. The first-order valence-corrected chi connectivity index (χ1v) is 6.66. The molecule has 0 atom stereocenters. The van der Waals surface area contributed by atoms with Crippen molar-refractivity contribution in [3.63, 3.8) is 0 Å². The monoisotopic (exact) mass is 264 g/mol. The Morgan fingerprint density at radius 2 is 1.89 bits per heavy atom. The Bertz CT molecular complexity index is 611. The Kier molecular flexibility index (Phi) is 3.54. The lowest BCUT2D eigenvalue weighted by Crippen LogP contribution is -2.23. The van der Waals surface area contributed by atoms with E-state index in [1.54, 1.807) is 24.4 Å². The summed E-state index contributed by atoms with van der Waals surface area (Å²) in [6.07, 6.45) is 2.92. The maximum Gasteiger partial charge on any atom is 0.240 e. The van der Waals surface area contributed by atoms with Gasteiger partial charge in [0.1, 0.15) is 6.33 Å². The van der Waals surface area contributed by atoms with E-state index in [0.29, 0.717) is 11.4 Å². The van der Waals surface area contributed by atoms with Crippen molar-refractivity contribution in [1.82, 2.24) is 14.7 Å². The zero-order valence-electron chi connectivity index (χ0n) is 9.45. The molecule has 0 aliphatic carbocycles. The van der Waals surface area contributed by atoms with E-state index < -0.39 is 10.0 Å². The third kappa shape index (κ3) is 3.02. The highest BCUT2D eigenvalue weighted by Gasteiger charge is 2.13. The van der Waals surface area contributed by atoms with Crippen LogP contribution in [-0.2, 0) is 16.6 Å². The minimum atomic E-state index is -3.54. The highest BCUT2D eigenvalue weighted by Crippen LogP contribution is 2.11. The number of nitrogens with two attached hydrogens (primary N) is 1. The van der Waals surface area contributed by atoms with Gasteiger partial charge in [-0.2, -0.15) is 0 Å². The number of nitrogens with zero attached hydrogens (tertiary/aromatic N) is 2. The van der Waals surface area contributed by atoms with Gasteiger partial charge in [-0.25, -0.2) is 23.1 Å². The molecule has 2 rings (SSSR count). The van der Waals surface area contributed by atoms with E-state index in [-0.39, 0.29) is 11.4 Å². The number of aromatic nitrogens is 2. The third-order valence-corrected chi connectivity index (χ3v) is 3.69. The number of rotatable bonds is 4. The van der Waals surface area contributed by atoms with Gasteiger partial charge in [0, 0.05) is 11.9 Å². The molecule has 1 heterocycles. The number of hydrogen-bond acceptors (Lipinski definition) is 5. The molecule has 0 aliphatic rings. The van der Waals surface area contributed by atoms with Crippen molar-refractivity contribution < 1.29 is 8.42 Å². The second-order valence-corrected chi connectivity index (χ2v) is 5.36. The van der Waals surface area contributed by atoms with Gasteiger partial charge in [-0.3, -0.25) is 0 Å². The molecule has 7 heteroatoms. The first kappa shape index (κ1) is 12.5. The molecule has 18 heavy (non-hydrogen) atoms. The van der Waals surface area contributed by atoms with E-state index in [9.17, 15) is 8.42 Å². The fourth-order valence-corrected chi connectivity index (χ4v) is 2.32. The second-order valence-electron chi connectivity index (χ2n) is 3.59. The van der Waals surface area contributed by atoms with Crippen LogP contribution in [0.1, 0.15) is 5.69 Å². The third-order valence-electron chi connectivity index (χ3n) is 2.28. The molecule has 3 N–H and O–H groups in total. The summed E-state index contributed by atoms with van der Waals surface area (Å²) in [5.74, 6) is 0. The summed E-state index contributed by atoms with van der Waals surface area (Å²) in [4.78, 5) is 7.86. The van der Waals surface area contributed by atoms with Gasteiger partial charge in [0.25, 0.3) is 0 Å². The maximum absolute atomic E-state index is 11.9. The van der Waals surface area contributed by atoms with Gasteiger partial charge < -0.3 is 5.73 Å². The van der Waals surface area contributed by atoms with Crippen LogP contribution in [0.4, 0.5) is 5.69 Å². The number of benzene rings is 1. The summed E-state index contributed by atoms with van der Waals surface area (Å²) in [6.45, 7) is 0.120. The van der Waals surface area contributed by atoms with Crippen LogP contribution in [-0.4, -0.2) is 18.4 Å². The average molecular weight is 264 g/mol. The van der Waals surface area contributed by atoms with Crippen molar-refractivity contribution in [3.05, 3.63) is 48.5 Å². The predicted molar refractivity (Wildman–Crippen MR) is 66.9 cm³/mol. The molecule has 1 aromatic heterocycles. The molecule has 1 aromatic carbocycles. The zero-order valence-corrected chi connectivity index (χ0v) is 10.3. The van der Waals surface area contributed by atoms with Gasteiger partial charge >= 0.3 is 0 Å². The average Bonchev–Trinajstić information content (AvgIpc) is 2.38. The summed E-state index contributed by atoms with van der Waals surface area (Å²) < 4.78 is 26.3. The SMILES string of the molecule is Nc1ccc(S(=O)(=O)NCc2ccncn2)cc1. The molecule has 0 aliphatic heterocycles. The summed E-state index contributed by atoms with van der Waals surface area (Å²) in [6, 6.07) is 7.64. The van der Waals surface area contributed by atoms with Gasteiger partial charge in [-0.05, 0) is 30.3 Å². The molecule has 0 spiro atoms. The van der Waals surface area contributed by atoms with Crippen molar-refractivity contribution in [2.45, 2.75) is 11.4 Å². The maximum atomic E-state index is 11.9. The highest BCUT2D eigenvalue weighted by atomic mass is 32.2. The summed E-state index contributed by atoms with van der Waals surface area (Å²) in [5.41, 5.74) is 6.62. The smallest absolute Gasteiger partial charge is 0.240 e. The van der Waals surface area contributed by atoms with Gasteiger partial charge in [0.2, 0.25) is 10.0 Å². The number of anilines is 1. The zero-order chi connectivity index (χ0) is 13.0. The molecule has 6 nitrogen and oxygen atoms in total. The fraction of sp³-hybridized carbons (Fsp3) is 0.0909. The fourth-order valence-electron chi connectivity index (χ4n) is 1.32. The molecule has 0 unspecified atom stereocenters. The Morgan fingerprint density at radius 1 is 1.17 bits per heavy atom. The largest absolute Gasteiger partial charge is 0.399 e. The summed E-state index contributed by atoms with van der Waals surface area (Å²) >= 11 is 0. The minimum absolute atomic E-state index is 0.120. The Labute approximate surface area is 105 Å². The Balaban J connectivity index is 2.11. The Hall–Kier alpha value is -1.99. The molecule has 0 saturated heterocycles. The van der Waals surface area contributed by atoms with Crippen molar-refractivity contribution in [2.75, 3.05) is 5.73 Å². The van der Waals surface area contributed by atoms with Crippen LogP contribution in [0.5, 0.6) is 0 Å². The van der Waals surface area contributed by atoms with E-state index in [1.165, 1.54) is 18.5 Å². The van der Waals surface area contributed by atoms with Crippen molar-refractivity contribution in [3.8, 4) is 0 Å². The lowest BCUT2D eigenvalue weighted by molar-refractivity contribution is 0.580. The van der Waals surface area contributed by atoms with E-state index in [2.05, 4.69) is 14.7 Å². The van der Waals surface area contributed by atoms with Crippen LogP contribution in [0.15, 0.2) is 47.8 Å². The first-order valence-electron chi connectivity index (χ1n) is 5.18. The molecule has 0 fully saturated rings. The van der Waals surface area contributed by atoms with Crippen LogP contribution in [0.2, 0.25) is 0 Å². The van der Waals surface area contributed by atoms with Crippen molar-refractivity contribution in [2.24, 2.45) is 0 Å². The van der Waals surface area contributed by atoms with Crippen LogP contribution in [0.25, 0.3) is 0 Å². The minimum Gasteiger partial charge on any atom is -0.399 e. The topological polar surface area (TPSA) is 98.0 Å². The normalized spacial score (nSPS) is 11.3. The molecule has 0 amide bonds. The molecule has 0 saturated carbocycles. The lowest BCUT2D eigenvalue weighted by atomic mass is 10.3. The standard InChI is InChI=1S/C11H12N4O2S/c12-9-1-3-11(4-2-9)18(16,17)15-7-10-5-6-13-8-14-10/h1-6,8,15H,7,12H2. The van der Waals surface area contributed by atoms with E-state index >= 15 is 0 Å². The summed E-state index contributed by atoms with van der Waals surface area (Å²) in [7, 11) is -3.54. The second kappa shape index (κ2) is 5.11. The van der Waals surface area contributed by atoms with E-state index in [4.69, 9.17) is 5.73 Å². The number of hydrogen-bond donors (Lipinski definition) is 2. The van der Waals surface area contributed by atoms with Gasteiger partial charge in [0.15, 0.2) is 0 Å². The quantitative estimate of drug-likeness (QED) is 0.785. The van der Waals surface area contributed by atoms with Crippen molar-refractivity contribution >= 4 is 15.7 Å². The van der Waals surface area contributed by atoms with E-state index in [1.807, 2.05) is 0 Å². The lowest BCUT2D eigenvalue weighted by Gasteiger charge is -2.06. The van der Waals surface area contributed by atoms with Gasteiger partial charge in [-0.15, -0.1) is 0 Å². The van der Waals surface area contributed by atoms with Gasteiger partial charge in [0.05, 0.1) is 17.1 Å². The van der Waals surface area contributed by atoms with Crippen molar-refractivity contribution in [1.29, 1.82) is 0 Å². The molecular weight excluding hydrogens is 252 g/mol. The number of sulfonamides is 1. The van der Waals surface area contributed by atoms with Crippen LogP contribution in [0, 0.1) is 0 Å². The number of nitrogen functional groups attached to an aromatic ring is 1. The summed E-state index contributed by atoms with van der Waals surface area (Å²) in [5, 5.41) is 0. The molecule has 94 valence electrons. The first-order chi connectivity index (χ1) is 8.58. The molecule has 2 aromatic rings. The number of nitrogens with one attached hydrogen (secondary N) is 1. The van der Waals surface area contributed by atoms with Crippen LogP contribution >= 0.6 is 0 Å². The van der Waals surface area contributed by atoms with Gasteiger partial charge in [-0.1, -0.05) is 0 Å². The van der Waals surface area contributed by atoms with Crippen LogP contribution in [0.3, 0.4) is 0 Å². The Morgan fingerprint density at radius 3 is 2.50 bits per heavy atom. The van der Waals surface area contributed by atoms with Crippen LogP contribution < -0.4 is 10.5 Å². The molecular formula is C11H12N4O2S. The highest BCUT2D eigenvalue weighted by molar-refractivity contribution is 7.89. The van der Waals surface area contributed by atoms with E-state index in [0.717, 1.165) is 0 Å².